The van der Waals surface area contributed by atoms with Crippen LogP contribution in [-0.2, 0) is 23.1 Å². The van der Waals surface area contributed by atoms with Gasteiger partial charge in [0.15, 0.2) is 5.03 Å². The van der Waals surface area contributed by atoms with E-state index in [0.717, 1.165) is 29.4 Å². The first kappa shape index (κ1) is 20.0. The van der Waals surface area contributed by atoms with E-state index in [1.807, 2.05) is 30.3 Å². The molecule has 0 N–H and O–H groups in total. The summed E-state index contributed by atoms with van der Waals surface area (Å²) in [5.74, 6) is 0.443. The van der Waals surface area contributed by atoms with Crippen LogP contribution in [0.4, 0.5) is 0 Å². The van der Waals surface area contributed by atoms with Crippen LogP contribution in [0.15, 0.2) is 41.6 Å². The van der Waals surface area contributed by atoms with Gasteiger partial charge in [0, 0.05) is 28.8 Å². The Morgan fingerprint density at radius 2 is 1.84 bits per heavy atom. The fourth-order valence-electron chi connectivity index (χ4n) is 3.03. The van der Waals surface area contributed by atoms with Crippen LogP contribution in [-0.4, -0.2) is 13.8 Å². The normalized spacial score (nSPS) is 12.2. The maximum Gasteiger partial charge on any atom is 0.151 e. The second kappa shape index (κ2) is 8.35. The van der Waals surface area contributed by atoms with E-state index in [2.05, 4.69) is 30.3 Å². The highest BCUT2D eigenvalue weighted by Gasteiger charge is 2.18. The summed E-state index contributed by atoms with van der Waals surface area (Å²) in [6, 6.07) is 9.52. The maximum absolute atomic E-state index is 13.0. The Hall–Kier alpha value is -1.36. The zero-order valence-corrected chi connectivity index (χ0v) is 17.0. The summed E-state index contributed by atoms with van der Waals surface area (Å²) in [6.45, 7) is 7.31. The van der Waals surface area contributed by atoms with Crippen molar-refractivity contribution in [1.29, 1.82) is 0 Å². The fraction of sp³-hybridized carbons (Fsp3) is 0.316. The van der Waals surface area contributed by atoms with E-state index in [-0.39, 0.29) is 12.4 Å². The molecule has 0 saturated carbocycles. The minimum absolute atomic E-state index is 0. The quantitative estimate of drug-likeness (QED) is 0.574. The Balaban J connectivity index is 0.00000225. The lowest BCUT2D eigenvalue weighted by Gasteiger charge is -2.10. The van der Waals surface area contributed by atoms with Crippen LogP contribution >= 0.6 is 24.0 Å². The monoisotopic (exact) mass is 396 g/mol. The zero-order chi connectivity index (χ0) is 17.3. The molecule has 3 rings (SSSR count). The molecule has 0 spiro atoms. The van der Waals surface area contributed by atoms with Gasteiger partial charge >= 0.3 is 0 Å². The number of hydrogen-bond acceptors (Lipinski definition) is 2. The second-order valence-electron chi connectivity index (χ2n) is 5.99. The van der Waals surface area contributed by atoms with E-state index >= 15 is 0 Å². The molecule has 0 aliphatic rings. The minimum Gasteiger partial charge on any atom is -0.342 e. The van der Waals surface area contributed by atoms with Crippen LogP contribution in [0, 0.1) is 13.8 Å². The van der Waals surface area contributed by atoms with Crippen molar-refractivity contribution in [3.8, 4) is 0 Å². The molecule has 3 nitrogen and oxygen atoms in total. The molecule has 0 bridgehead atoms. The Bertz CT molecular complexity index is 904. The molecule has 1 unspecified atom stereocenters. The van der Waals surface area contributed by atoms with Crippen molar-refractivity contribution < 1.29 is 4.21 Å². The van der Waals surface area contributed by atoms with Crippen molar-refractivity contribution in [1.82, 2.24) is 9.55 Å². The minimum atomic E-state index is -1.20. The molecule has 1 atom stereocenters. The van der Waals surface area contributed by atoms with Crippen molar-refractivity contribution in [3.05, 3.63) is 58.4 Å². The summed E-state index contributed by atoms with van der Waals surface area (Å²) in [7, 11) is -1.20. The van der Waals surface area contributed by atoms with Gasteiger partial charge in [0.2, 0.25) is 0 Å². The van der Waals surface area contributed by atoms with Crippen LogP contribution in [0.2, 0.25) is 5.02 Å². The van der Waals surface area contributed by atoms with Crippen LogP contribution < -0.4 is 0 Å². The average Bonchev–Trinajstić information content (AvgIpc) is 2.82. The number of rotatable bonds is 5. The number of hydrogen-bond donors (Lipinski definition) is 0. The summed E-state index contributed by atoms with van der Waals surface area (Å²) < 4.78 is 15.2. The lowest BCUT2D eigenvalue weighted by atomic mass is 10.2. The summed E-state index contributed by atoms with van der Waals surface area (Å²) in [5, 5.41) is 2.51. The number of benzene rings is 1. The van der Waals surface area contributed by atoms with Crippen molar-refractivity contribution in [3.63, 3.8) is 0 Å². The molecule has 0 fully saturated rings. The number of nitrogens with zero attached hydrogens (tertiary/aromatic N) is 2. The predicted molar refractivity (Wildman–Crippen MR) is 108 cm³/mol. The summed E-state index contributed by atoms with van der Waals surface area (Å²) >= 11 is 5.93. The maximum atomic E-state index is 13.0. The largest absolute Gasteiger partial charge is 0.342 e. The van der Waals surface area contributed by atoms with Crippen molar-refractivity contribution >= 4 is 45.7 Å². The topological polar surface area (TPSA) is 34.9 Å². The van der Waals surface area contributed by atoms with Crippen LogP contribution in [0.1, 0.15) is 30.2 Å². The van der Waals surface area contributed by atoms with Gasteiger partial charge in [-0.3, -0.25) is 4.21 Å². The first-order chi connectivity index (χ1) is 11.5. The Kier molecular flexibility index (Phi) is 6.66. The summed E-state index contributed by atoms with van der Waals surface area (Å²) in [5.41, 5.74) is 4.48. The van der Waals surface area contributed by atoms with Crippen LogP contribution in [0.25, 0.3) is 10.9 Å². The third-order valence-corrected chi connectivity index (χ3v) is 5.96. The zero-order valence-electron chi connectivity index (χ0n) is 14.6. The van der Waals surface area contributed by atoms with Crippen molar-refractivity contribution in [2.75, 3.05) is 0 Å². The highest BCUT2D eigenvalue weighted by Crippen LogP contribution is 2.29. The third kappa shape index (κ3) is 3.91. The van der Waals surface area contributed by atoms with Gasteiger partial charge in [-0.1, -0.05) is 30.7 Å². The summed E-state index contributed by atoms with van der Waals surface area (Å²) in [4.78, 5) is 4.47. The second-order valence-corrected chi connectivity index (χ2v) is 7.79. The molecule has 25 heavy (non-hydrogen) atoms. The molecule has 2 heterocycles. The molecule has 3 aromatic rings. The number of aromatic nitrogens is 2. The van der Waals surface area contributed by atoms with Gasteiger partial charge in [0.05, 0.1) is 22.1 Å². The molecule has 0 aliphatic heterocycles. The molecule has 0 radical (unpaired) electrons. The van der Waals surface area contributed by atoms with E-state index in [9.17, 15) is 4.21 Å². The molecular weight excluding hydrogens is 375 g/mol. The van der Waals surface area contributed by atoms with Gasteiger partial charge in [-0.15, -0.1) is 12.4 Å². The smallest absolute Gasteiger partial charge is 0.151 e. The Labute approximate surface area is 162 Å². The number of pyridine rings is 1. The molecule has 0 saturated heterocycles. The summed E-state index contributed by atoms with van der Waals surface area (Å²) in [6.07, 6.45) is 2.79. The van der Waals surface area contributed by atoms with Gasteiger partial charge in [0.1, 0.15) is 0 Å². The van der Waals surface area contributed by atoms with Crippen molar-refractivity contribution in [2.45, 2.75) is 44.5 Å². The fourth-order valence-corrected chi connectivity index (χ4v) is 4.41. The van der Waals surface area contributed by atoms with Crippen LogP contribution in [0.5, 0.6) is 0 Å². The van der Waals surface area contributed by atoms with E-state index in [1.54, 1.807) is 6.20 Å². The first-order valence-electron chi connectivity index (χ1n) is 8.10. The van der Waals surface area contributed by atoms with E-state index in [0.29, 0.717) is 15.8 Å². The van der Waals surface area contributed by atoms with Gasteiger partial charge in [-0.05, 0) is 49.6 Å². The molecule has 2 aromatic heterocycles. The number of aryl methyl sites for hydroxylation is 2. The van der Waals surface area contributed by atoms with Gasteiger partial charge < -0.3 is 4.57 Å². The highest BCUT2D eigenvalue weighted by molar-refractivity contribution is 7.84. The van der Waals surface area contributed by atoms with Gasteiger partial charge in [-0.25, -0.2) is 4.98 Å². The standard InChI is InChI=1S/C19H21ClN2OS.ClH/c1-4-11-22-14(3)13(2)17-9-10-21-19(18(17)22)24(23)12-15-5-7-16(20)8-6-15;/h5-10H,4,11-12H2,1-3H3;1H. The predicted octanol–water partition coefficient (Wildman–Crippen LogP) is 5.45. The lowest BCUT2D eigenvalue weighted by Crippen LogP contribution is -2.05. The van der Waals surface area contributed by atoms with E-state index < -0.39 is 10.8 Å². The Morgan fingerprint density at radius 1 is 1.16 bits per heavy atom. The van der Waals surface area contributed by atoms with E-state index in [1.165, 1.54) is 11.3 Å². The molecule has 1 aromatic carbocycles. The number of halogens is 2. The molecular formula is C19H22Cl2N2OS. The SMILES string of the molecule is CCCn1c(C)c(C)c2ccnc(S(=O)Cc3ccc(Cl)cc3)c21.Cl. The highest BCUT2D eigenvalue weighted by atomic mass is 35.5. The number of fused-ring (bicyclic) bond motifs is 1. The average molecular weight is 397 g/mol. The van der Waals surface area contributed by atoms with Gasteiger partial charge in [-0.2, -0.15) is 0 Å². The van der Waals surface area contributed by atoms with Crippen molar-refractivity contribution in [2.24, 2.45) is 0 Å². The third-order valence-electron chi connectivity index (χ3n) is 4.39. The first-order valence-corrected chi connectivity index (χ1v) is 9.79. The molecule has 134 valence electrons. The van der Waals surface area contributed by atoms with E-state index in [4.69, 9.17) is 11.6 Å². The molecule has 0 amide bonds. The lowest BCUT2D eigenvalue weighted by molar-refractivity contribution is 0.668. The Morgan fingerprint density at radius 3 is 2.48 bits per heavy atom. The molecule has 0 aliphatic carbocycles. The van der Waals surface area contributed by atoms with Crippen LogP contribution in [0.3, 0.4) is 0 Å². The van der Waals surface area contributed by atoms with Gasteiger partial charge in [0.25, 0.3) is 0 Å². The molecule has 6 heteroatoms.